The Morgan fingerprint density at radius 3 is 2.68 bits per heavy atom. The highest BCUT2D eigenvalue weighted by Gasteiger charge is 2.17. The quantitative estimate of drug-likeness (QED) is 0.486. The lowest BCUT2D eigenvalue weighted by Gasteiger charge is -2.22. The maximum Gasteiger partial charge on any atom is 0.166 e. The smallest absolute Gasteiger partial charge is 0.166 e. The summed E-state index contributed by atoms with van der Waals surface area (Å²) in [6.45, 7) is 5.96. The van der Waals surface area contributed by atoms with Crippen molar-refractivity contribution in [3.05, 3.63) is 58.2 Å². The molecule has 0 spiro atoms. The molecular weight excluding hydrogens is 440 g/mol. The van der Waals surface area contributed by atoms with E-state index in [9.17, 15) is 4.39 Å². The first-order valence-electron chi connectivity index (χ1n) is 10.3. The van der Waals surface area contributed by atoms with Gasteiger partial charge in [0.25, 0.3) is 0 Å². The maximum absolute atomic E-state index is 13.7. The number of piperidine rings is 1. The molecule has 6 nitrogen and oxygen atoms in total. The molecule has 0 saturated carbocycles. The summed E-state index contributed by atoms with van der Waals surface area (Å²) in [7, 11) is 0. The van der Waals surface area contributed by atoms with Gasteiger partial charge in [-0.15, -0.1) is 0 Å². The molecule has 1 aliphatic heterocycles. The molecule has 0 atom stereocenters. The third kappa shape index (κ3) is 5.47. The van der Waals surface area contributed by atoms with Crippen molar-refractivity contribution in [3.63, 3.8) is 0 Å². The zero-order chi connectivity index (χ0) is 22.4. The Morgan fingerprint density at radius 1 is 1.19 bits per heavy atom. The SMILES string of the molecule is CC.Nc1ncc(-c2cnn(C3CCNCC3)c2)cc1OCc1c(Cl)ccc(F)c1Cl. The van der Waals surface area contributed by atoms with E-state index >= 15 is 0 Å². The predicted molar refractivity (Wildman–Crippen MR) is 123 cm³/mol. The summed E-state index contributed by atoms with van der Waals surface area (Å²) in [5.74, 6) is 0.0384. The van der Waals surface area contributed by atoms with Crippen molar-refractivity contribution in [1.82, 2.24) is 20.1 Å². The van der Waals surface area contributed by atoms with E-state index in [0.717, 1.165) is 37.1 Å². The summed E-state index contributed by atoms with van der Waals surface area (Å²) < 4.78 is 21.5. The Bertz CT molecular complexity index is 1020. The van der Waals surface area contributed by atoms with E-state index < -0.39 is 5.82 Å². The van der Waals surface area contributed by atoms with Crippen molar-refractivity contribution in [3.8, 4) is 16.9 Å². The first kappa shape index (κ1) is 23.3. The molecule has 1 saturated heterocycles. The van der Waals surface area contributed by atoms with Gasteiger partial charge in [-0.05, 0) is 44.1 Å². The molecule has 2 aromatic heterocycles. The summed E-state index contributed by atoms with van der Waals surface area (Å²) >= 11 is 12.1. The number of nitrogens with one attached hydrogen (secondary N) is 1. The number of benzene rings is 1. The normalized spacial score (nSPS) is 14.1. The van der Waals surface area contributed by atoms with Crippen LogP contribution in [0.15, 0.2) is 36.8 Å². The van der Waals surface area contributed by atoms with Gasteiger partial charge in [0.05, 0.1) is 17.3 Å². The zero-order valence-electron chi connectivity index (χ0n) is 17.5. The lowest BCUT2D eigenvalue weighted by Crippen LogP contribution is -2.29. The van der Waals surface area contributed by atoms with Crippen LogP contribution in [0.1, 0.15) is 38.3 Å². The number of aromatic nitrogens is 3. The van der Waals surface area contributed by atoms with Crippen molar-refractivity contribution >= 4 is 29.0 Å². The molecule has 0 radical (unpaired) electrons. The number of nitrogen functional groups attached to an aromatic ring is 1. The molecule has 0 amide bonds. The number of nitrogens with zero attached hydrogens (tertiary/aromatic N) is 3. The van der Waals surface area contributed by atoms with Gasteiger partial charge < -0.3 is 15.8 Å². The molecule has 4 rings (SSSR count). The molecule has 3 aromatic rings. The van der Waals surface area contributed by atoms with E-state index in [1.807, 2.05) is 24.7 Å². The Morgan fingerprint density at radius 2 is 1.94 bits per heavy atom. The van der Waals surface area contributed by atoms with Crippen LogP contribution in [0.5, 0.6) is 5.75 Å². The Balaban J connectivity index is 0.00000132. The van der Waals surface area contributed by atoms with Crippen molar-refractivity contribution in [2.45, 2.75) is 39.3 Å². The molecule has 31 heavy (non-hydrogen) atoms. The van der Waals surface area contributed by atoms with Gasteiger partial charge in [-0.25, -0.2) is 9.37 Å². The highest BCUT2D eigenvalue weighted by molar-refractivity contribution is 6.36. The van der Waals surface area contributed by atoms with Crippen molar-refractivity contribution < 1.29 is 9.13 Å². The second kappa shape index (κ2) is 10.8. The predicted octanol–water partition coefficient (Wildman–Crippen LogP) is 5.50. The zero-order valence-corrected chi connectivity index (χ0v) is 19.0. The van der Waals surface area contributed by atoms with Crippen molar-refractivity contribution in [2.24, 2.45) is 0 Å². The number of ether oxygens (including phenoxy) is 1. The molecule has 0 unspecified atom stereocenters. The summed E-state index contributed by atoms with van der Waals surface area (Å²) in [4.78, 5) is 4.22. The fourth-order valence-electron chi connectivity index (χ4n) is 3.34. The first-order chi connectivity index (χ1) is 15.0. The minimum atomic E-state index is -0.556. The average Bonchev–Trinajstić information content (AvgIpc) is 3.30. The van der Waals surface area contributed by atoms with Gasteiger partial charge in [0.2, 0.25) is 0 Å². The van der Waals surface area contributed by atoms with Crippen LogP contribution >= 0.6 is 23.2 Å². The fraction of sp³-hybridized carbons (Fsp3) is 0.364. The van der Waals surface area contributed by atoms with Crippen LogP contribution in [-0.2, 0) is 6.61 Å². The first-order valence-corrected chi connectivity index (χ1v) is 11.0. The average molecular weight is 466 g/mol. The number of halogens is 3. The molecule has 1 aromatic carbocycles. The van der Waals surface area contributed by atoms with Gasteiger partial charge in [-0.2, -0.15) is 5.10 Å². The van der Waals surface area contributed by atoms with Gasteiger partial charge in [-0.1, -0.05) is 37.0 Å². The lowest BCUT2D eigenvalue weighted by molar-refractivity contribution is 0.306. The molecule has 1 aliphatic rings. The molecule has 166 valence electrons. The maximum atomic E-state index is 13.7. The van der Waals surface area contributed by atoms with Crippen LogP contribution in [0.3, 0.4) is 0 Å². The fourth-order valence-corrected chi connectivity index (χ4v) is 3.82. The Labute approximate surface area is 191 Å². The van der Waals surface area contributed by atoms with Crippen molar-refractivity contribution in [2.75, 3.05) is 18.8 Å². The lowest BCUT2D eigenvalue weighted by atomic mass is 10.1. The molecule has 1 fully saturated rings. The molecule has 9 heteroatoms. The minimum absolute atomic E-state index is 0.0287. The Kier molecular flexibility index (Phi) is 8.12. The van der Waals surface area contributed by atoms with Crippen LogP contribution in [0.2, 0.25) is 10.0 Å². The van der Waals surface area contributed by atoms with Gasteiger partial charge in [0.1, 0.15) is 12.4 Å². The topological polar surface area (TPSA) is 78.0 Å². The van der Waals surface area contributed by atoms with E-state index in [2.05, 4.69) is 15.4 Å². The van der Waals surface area contributed by atoms with E-state index in [0.29, 0.717) is 22.4 Å². The summed E-state index contributed by atoms with van der Waals surface area (Å²) in [5, 5.41) is 8.11. The van der Waals surface area contributed by atoms with E-state index in [1.165, 1.54) is 12.1 Å². The minimum Gasteiger partial charge on any atom is -0.485 e. The second-order valence-corrected chi connectivity index (χ2v) is 7.69. The third-order valence-corrected chi connectivity index (χ3v) is 5.77. The van der Waals surface area contributed by atoms with E-state index in [4.69, 9.17) is 33.7 Å². The monoisotopic (exact) mass is 465 g/mol. The van der Waals surface area contributed by atoms with Crippen LogP contribution in [0, 0.1) is 5.82 Å². The summed E-state index contributed by atoms with van der Waals surface area (Å²) in [6.07, 6.45) is 7.58. The number of nitrogens with two attached hydrogens (primary N) is 1. The third-order valence-electron chi connectivity index (χ3n) is 5.01. The van der Waals surface area contributed by atoms with E-state index in [-0.39, 0.29) is 17.4 Å². The number of anilines is 1. The molecule has 0 bridgehead atoms. The van der Waals surface area contributed by atoms with Crippen LogP contribution in [-0.4, -0.2) is 27.9 Å². The number of rotatable bonds is 5. The number of pyridine rings is 1. The van der Waals surface area contributed by atoms with Crippen LogP contribution in [0.4, 0.5) is 10.2 Å². The summed E-state index contributed by atoms with van der Waals surface area (Å²) in [5.41, 5.74) is 8.06. The standard InChI is InChI=1S/C20H20Cl2FN5O.C2H6/c21-16-1-2-17(23)19(22)15(16)11-29-18-7-12(8-26-20(18)24)13-9-27-28(10-13)14-3-5-25-6-4-14;1-2/h1-2,7-10,14,25H,3-6,11H2,(H2,24,26);1-2H3. The second-order valence-electron chi connectivity index (χ2n) is 6.91. The largest absolute Gasteiger partial charge is 0.485 e. The van der Waals surface area contributed by atoms with Crippen LogP contribution in [0.25, 0.3) is 11.1 Å². The molecule has 3 N–H and O–H groups in total. The number of hydrogen-bond donors (Lipinski definition) is 2. The van der Waals surface area contributed by atoms with E-state index in [1.54, 1.807) is 18.5 Å². The van der Waals surface area contributed by atoms with Gasteiger partial charge in [-0.3, -0.25) is 4.68 Å². The van der Waals surface area contributed by atoms with Crippen molar-refractivity contribution in [1.29, 1.82) is 0 Å². The van der Waals surface area contributed by atoms with Gasteiger partial charge >= 0.3 is 0 Å². The summed E-state index contributed by atoms with van der Waals surface area (Å²) in [6, 6.07) is 4.83. The molecular formula is C22H26Cl2FN5O. The molecule has 0 aliphatic carbocycles. The van der Waals surface area contributed by atoms with Crippen LogP contribution < -0.4 is 15.8 Å². The number of hydrogen-bond acceptors (Lipinski definition) is 5. The van der Waals surface area contributed by atoms with Gasteiger partial charge in [0, 0.05) is 34.1 Å². The molecule has 3 heterocycles. The highest BCUT2D eigenvalue weighted by Crippen LogP contribution is 2.32. The van der Waals surface area contributed by atoms with Gasteiger partial charge in [0.15, 0.2) is 11.6 Å². The highest BCUT2D eigenvalue weighted by atomic mass is 35.5. The Hall–Kier alpha value is -2.35.